The van der Waals surface area contributed by atoms with Crippen LogP contribution in [0.15, 0.2) is 30.3 Å². The topological polar surface area (TPSA) is 77.3 Å². The van der Waals surface area contributed by atoms with Crippen molar-refractivity contribution < 1.29 is 14.5 Å². The van der Waals surface area contributed by atoms with Crippen LogP contribution >= 0.6 is 0 Å². The first-order valence-electron chi connectivity index (χ1n) is 5.80. The second kappa shape index (κ2) is 6.64. The number of rotatable bonds is 7. The van der Waals surface area contributed by atoms with Crippen LogP contribution in [0.2, 0.25) is 0 Å². The fraction of sp³-hybridized carbons (Fsp3) is 0.385. The van der Waals surface area contributed by atoms with Gasteiger partial charge in [-0.2, -0.15) is 0 Å². The summed E-state index contributed by atoms with van der Waals surface area (Å²) in [7, 11) is 0. The highest BCUT2D eigenvalue weighted by molar-refractivity contribution is 5.99. The van der Waals surface area contributed by atoms with Crippen LogP contribution in [0.4, 0.5) is 0 Å². The standard InChI is InChI=1S/C13H15NO4/c1-2-11(15)8-9-12(14(17)18)13(16)10-6-4-3-5-7-10/h3-7,12H,2,8-9H2,1H3. The highest BCUT2D eigenvalue weighted by Crippen LogP contribution is 2.11. The first-order valence-corrected chi connectivity index (χ1v) is 5.80. The Labute approximate surface area is 105 Å². The quantitative estimate of drug-likeness (QED) is 0.422. The second-order valence-electron chi connectivity index (χ2n) is 3.96. The molecule has 0 heterocycles. The summed E-state index contributed by atoms with van der Waals surface area (Å²) < 4.78 is 0. The highest BCUT2D eigenvalue weighted by atomic mass is 16.6. The molecule has 5 nitrogen and oxygen atoms in total. The molecule has 18 heavy (non-hydrogen) atoms. The van der Waals surface area contributed by atoms with Crippen molar-refractivity contribution in [3.8, 4) is 0 Å². The number of hydrogen-bond donors (Lipinski definition) is 0. The SMILES string of the molecule is CCC(=O)CCC(C(=O)c1ccccc1)[N+](=O)[O-]. The molecule has 0 bridgehead atoms. The molecule has 0 spiro atoms. The van der Waals surface area contributed by atoms with Gasteiger partial charge in [0, 0.05) is 29.7 Å². The van der Waals surface area contributed by atoms with Crippen molar-refractivity contribution in [1.82, 2.24) is 0 Å². The molecule has 1 aromatic carbocycles. The van der Waals surface area contributed by atoms with Gasteiger partial charge in [-0.25, -0.2) is 0 Å². The summed E-state index contributed by atoms with van der Waals surface area (Å²) in [5.74, 6) is -0.604. The minimum absolute atomic E-state index is 0.0343. The van der Waals surface area contributed by atoms with Crippen molar-refractivity contribution in [1.29, 1.82) is 0 Å². The molecule has 0 N–H and O–H groups in total. The summed E-state index contributed by atoms with van der Waals surface area (Å²) in [6, 6.07) is 6.80. The molecule has 1 unspecified atom stereocenters. The van der Waals surface area contributed by atoms with E-state index in [9.17, 15) is 19.7 Å². The fourth-order valence-corrected chi connectivity index (χ4v) is 1.60. The Bertz CT molecular complexity index is 442. The largest absolute Gasteiger partial charge is 0.300 e. The van der Waals surface area contributed by atoms with E-state index in [1.165, 1.54) is 0 Å². The molecule has 1 atom stereocenters. The Hall–Kier alpha value is -2.04. The zero-order chi connectivity index (χ0) is 13.5. The molecule has 1 rings (SSSR count). The number of benzene rings is 1. The number of Topliss-reactive ketones (excluding diaryl/α,β-unsaturated/α-hetero) is 2. The molecular formula is C13H15NO4. The van der Waals surface area contributed by atoms with Gasteiger partial charge in [0.2, 0.25) is 5.78 Å². The van der Waals surface area contributed by atoms with Gasteiger partial charge in [0.15, 0.2) is 0 Å². The molecule has 0 fully saturated rings. The van der Waals surface area contributed by atoms with Gasteiger partial charge in [-0.05, 0) is 0 Å². The van der Waals surface area contributed by atoms with Gasteiger partial charge in [-0.1, -0.05) is 37.3 Å². The third kappa shape index (κ3) is 3.76. The van der Waals surface area contributed by atoms with Gasteiger partial charge in [0.1, 0.15) is 5.78 Å². The van der Waals surface area contributed by atoms with E-state index < -0.39 is 16.7 Å². The van der Waals surface area contributed by atoms with Gasteiger partial charge < -0.3 is 0 Å². The number of hydrogen-bond acceptors (Lipinski definition) is 4. The van der Waals surface area contributed by atoms with Crippen LogP contribution in [-0.4, -0.2) is 22.5 Å². The van der Waals surface area contributed by atoms with E-state index >= 15 is 0 Å². The molecule has 0 saturated heterocycles. The maximum atomic E-state index is 11.9. The number of carbonyl (C=O) groups is 2. The van der Waals surface area contributed by atoms with E-state index in [1.54, 1.807) is 37.3 Å². The Kier molecular flexibility index (Phi) is 5.17. The molecule has 5 heteroatoms. The molecule has 0 aliphatic heterocycles. The lowest BCUT2D eigenvalue weighted by atomic mass is 9.99. The second-order valence-corrected chi connectivity index (χ2v) is 3.96. The molecule has 0 aromatic heterocycles. The molecule has 1 aromatic rings. The number of carbonyl (C=O) groups excluding carboxylic acids is 2. The predicted molar refractivity (Wildman–Crippen MR) is 66.1 cm³/mol. The maximum absolute atomic E-state index is 11.9. The lowest BCUT2D eigenvalue weighted by molar-refractivity contribution is -0.505. The van der Waals surface area contributed by atoms with Crippen molar-refractivity contribution in [2.75, 3.05) is 0 Å². The summed E-state index contributed by atoms with van der Waals surface area (Å²) >= 11 is 0. The minimum atomic E-state index is -1.33. The average molecular weight is 249 g/mol. The molecular weight excluding hydrogens is 234 g/mol. The molecule has 0 saturated carbocycles. The first kappa shape index (κ1) is 14.0. The van der Waals surface area contributed by atoms with Crippen molar-refractivity contribution in [3.05, 3.63) is 46.0 Å². The van der Waals surface area contributed by atoms with Crippen LogP contribution < -0.4 is 0 Å². The van der Waals surface area contributed by atoms with Crippen LogP contribution in [-0.2, 0) is 4.79 Å². The summed E-state index contributed by atoms with van der Waals surface area (Å²) in [6.45, 7) is 1.70. The Morgan fingerprint density at radius 2 is 1.89 bits per heavy atom. The molecule has 0 radical (unpaired) electrons. The molecule has 0 aliphatic carbocycles. The van der Waals surface area contributed by atoms with Gasteiger partial charge in [0.05, 0.1) is 0 Å². The summed E-state index contributed by atoms with van der Waals surface area (Å²) in [5.41, 5.74) is 0.308. The monoisotopic (exact) mass is 249 g/mol. The van der Waals surface area contributed by atoms with Crippen LogP contribution in [0.3, 0.4) is 0 Å². The Morgan fingerprint density at radius 3 is 2.39 bits per heavy atom. The number of nitro groups is 1. The Balaban J connectivity index is 2.77. The van der Waals surface area contributed by atoms with E-state index in [4.69, 9.17) is 0 Å². The van der Waals surface area contributed by atoms with Crippen LogP contribution in [0.25, 0.3) is 0 Å². The van der Waals surface area contributed by atoms with Crippen molar-refractivity contribution in [2.45, 2.75) is 32.2 Å². The van der Waals surface area contributed by atoms with Gasteiger partial charge >= 0.3 is 0 Å². The third-order valence-electron chi connectivity index (χ3n) is 2.71. The fourth-order valence-electron chi connectivity index (χ4n) is 1.60. The third-order valence-corrected chi connectivity index (χ3v) is 2.71. The van der Waals surface area contributed by atoms with E-state index in [1.807, 2.05) is 0 Å². The van der Waals surface area contributed by atoms with Crippen LogP contribution in [0.5, 0.6) is 0 Å². The zero-order valence-corrected chi connectivity index (χ0v) is 10.2. The van der Waals surface area contributed by atoms with E-state index in [2.05, 4.69) is 0 Å². The first-order chi connectivity index (χ1) is 8.56. The van der Waals surface area contributed by atoms with E-state index in [0.29, 0.717) is 12.0 Å². The summed E-state index contributed by atoms with van der Waals surface area (Å²) in [4.78, 5) is 33.4. The highest BCUT2D eigenvalue weighted by Gasteiger charge is 2.30. The Morgan fingerprint density at radius 1 is 1.28 bits per heavy atom. The van der Waals surface area contributed by atoms with E-state index in [-0.39, 0.29) is 18.6 Å². The minimum Gasteiger partial charge on any atom is -0.300 e. The van der Waals surface area contributed by atoms with Gasteiger partial charge in [-0.3, -0.25) is 19.7 Å². The van der Waals surface area contributed by atoms with Gasteiger partial charge in [0.25, 0.3) is 6.04 Å². The van der Waals surface area contributed by atoms with Crippen molar-refractivity contribution >= 4 is 11.6 Å². The van der Waals surface area contributed by atoms with Crippen LogP contribution in [0, 0.1) is 10.1 Å². The van der Waals surface area contributed by atoms with Crippen molar-refractivity contribution in [3.63, 3.8) is 0 Å². The van der Waals surface area contributed by atoms with Crippen LogP contribution in [0.1, 0.15) is 36.5 Å². The summed E-state index contributed by atoms with van der Waals surface area (Å²) in [5, 5.41) is 10.9. The van der Waals surface area contributed by atoms with E-state index in [0.717, 1.165) is 0 Å². The summed E-state index contributed by atoms with van der Waals surface area (Å²) in [6.07, 6.45) is 0.373. The lowest BCUT2D eigenvalue weighted by Crippen LogP contribution is -2.30. The van der Waals surface area contributed by atoms with Gasteiger partial charge in [-0.15, -0.1) is 0 Å². The normalized spacial score (nSPS) is 11.8. The molecule has 0 aliphatic rings. The maximum Gasteiger partial charge on any atom is 0.275 e. The number of ketones is 2. The predicted octanol–water partition coefficient (Wildman–Crippen LogP) is 2.27. The molecule has 0 amide bonds. The number of nitrogens with zero attached hydrogens (tertiary/aromatic N) is 1. The van der Waals surface area contributed by atoms with Crippen molar-refractivity contribution in [2.24, 2.45) is 0 Å². The zero-order valence-electron chi connectivity index (χ0n) is 10.2. The smallest absolute Gasteiger partial charge is 0.275 e. The molecule has 96 valence electrons. The average Bonchev–Trinajstić information content (AvgIpc) is 2.39. The lowest BCUT2D eigenvalue weighted by Gasteiger charge is -2.07.